The fourth-order valence-electron chi connectivity index (χ4n) is 3.22. The maximum absolute atomic E-state index is 12.6. The molecule has 2 fully saturated rings. The Bertz CT molecular complexity index is 624. The van der Waals surface area contributed by atoms with Gasteiger partial charge in [-0.05, 0) is 6.92 Å². The van der Waals surface area contributed by atoms with Crippen molar-refractivity contribution in [1.82, 2.24) is 24.9 Å². The van der Waals surface area contributed by atoms with Crippen molar-refractivity contribution in [1.29, 1.82) is 0 Å². The first-order valence-corrected chi connectivity index (χ1v) is 9.29. The highest BCUT2D eigenvalue weighted by atomic mass is 16.5. The largest absolute Gasteiger partial charge is 0.379 e. The minimum Gasteiger partial charge on any atom is -0.379 e. The molecule has 0 saturated carbocycles. The van der Waals surface area contributed by atoms with Gasteiger partial charge in [0.25, 0.3) is 0 Å². The van der Waals surface area contributed by atoms with E-state index in [4.69, 9.17) is 9.73 Å². The fraction of sp³-hybridized carbons (Fsp3) is 0.706. The number of rotatable bonds is 5. The van der Waals surface area contributed by atoms with Crippen molar-refractivity contribution in [2.24, 2.45) is 12.0 Å². The molecule has 0 bridgehead atoms. The van der Waals surface area contributed by atoms with Gasteiger partial charge in [-0.3, -0.25) is 19.4 Å². The van der Waals surface area contributed by atoms with Gasteiger partial charge < -0.3 is 19.9 Å². The molecule has 2 aliphatic rings. The second-order valence-corrected chi connectivity index (χ2v) is 6.53. The number of carbonyl (C=O) groups is 1. The highest BCUT2D eigenvalue weighted by Gasteiger charge is 2.27. The smallest absolute Gasteiger partial charge is 0.246 e. The number of aryl methyl sites for hydroxylation is 1. The van der Waals surface area contributed by atoms with Crippen LogP contribution in [0.15, 0.2) is 17.4 Å². The monoisotopic (exact) mass is 363 g/mol. The van der Waals surface area contributed by atoms with Crippen LogP contribution < -0.4 is 10.2 Å². The van der Waals surface area contributed by atoms with Crippen LogP contribution >= 0.6 is 0 Å². The molecule has 0 unspecified atom stereocenters. The molecule has 0 radical (unpaired) electrons. The molecule has 2 saturated heterocycles. The van der Waals surface area contributed by atoms with E-state index in [1.54, 1.807) is 15.8 Å². The molecule has 2 aliphatic heterocycles. The highest BCUT2D eigenvalue weighted by molar-refractivity contribution is 5.98. The number of aromatic nitrogens is 2. The number of nitrogens with zero attached hydrogens (tertiary/aromatic N) is 6. The second kappa shape index (κ2) is 9.00. The Morgan fingerprint density at radius 2 is 2.12 bits per heavy atom. The first kappa shape index (κ1) is 18.7. The number of amides is 1. The zero-order chi connectivity index (χ0) is 18.4. The first-order chi connectivity index (χ1) is 12.7. The molecule has 9 nitrogen and oxygen atoms in total. The van der Waals surface area contributed by atoms with Crippen molar-refractivity contribution in [2.75, 3.05) is 70.5 Å². The molecule has 1 aromatic heterocycles. The molecule has 144 valence electrons. The van der Waals surface area contributed by atoms with Crippen molar-refractivity contribution in [3.63, 3.8) is 0 Å². The molecule has 0 spiro atoms. The Hall–Kier alpha value is -2.13. The minimum atomic E-state index is 0.0723. The summed E-state index contributed by atoms with van der Waals surface area (Å²) in [5.74, 6) is 0.892. The number of hydrogen-bond donors (Lipinski definition) is 1. The summed E-state index contributed by atoms with van der Waals surface area (Å²) in [6.45, 7) is 9.73. The van der Waals surface area contributed by atoms with Crippen molar-refractivity contribution < 1.29 is 9.53 Å². The van der Waals surface area contributed by atoms with Gasteiger partial charge in [0.2, 0.25) is 5.91 Å². The van der Waals surface area contributed by atoms with E-state index in [0.29, 0.717) is 13.1 Å². The summed E-state index contributed by atoms with van der Waals surface area (Å²) in [6.07, 6.45) is 3.60. The van der Waals surface area contributed by atoms with E-state index in [9.17, 15) is 4.79 Å². The van der Waals surface area contributed by atoms with Crippen LogP contribution in [-0.2, 0) is 16.6 Å². The van der Waals surface area contributed by atoms with Gasteiger partial charge in [0.15, 0.2) is 5.96 Å². The lowest BCUT2D eigenvalue weighted by Crippen LogP contribution is -2.55. The zero-order valence-electron chi connectivity index (χ0n) is 15.7. The highest BCUT2D eigenvalue weighted by Crippen LogP contribution is 2.16. The number of anilines is 1. The average Bonchev–Trinajstić information content (AvgIpc) is 3.08. The van der Waals surface area contributed by atoms with Gasteiger partial charge in [-0.25, -0.2) is 0 Å². The summed E-state index contributed by atoms with van der Waals surface area (Å²) in [5, 5.41) is 7.47. The quantitative estimate of drug-likeness (QED) is 0.554. The maximum atomic E-state index is 12.6. The van der Waals surface area contributed by atoms with Gasteiger partial charge in [-0.1, -0.05) is 0 Å². The molecule has 26 heavy (non-hydrogen) atoms. The molecular formula is C17H29N7O2. The lowest BCUT2D eigenvalue weighted by Gasteiger charge is -2.35. The van der Waals surface area contributed by atoms with E-state index >= 15 is 0 Å². The van der Waals surface area contributed by atoms with Crippen molar-refractivity contribution in [3.8, 4) is 0 Å². The van der Waals surface area contributed by atoms with Crippen LogP contribution in [0.3, 0.4) is 0 Å². The molecule has 1 N–H and O–H groups in total. The van der Waals surface area contributed by atoms with Crippen LogP contribution in [0.4, 0.5) is 5.69 Å². The zero-order valence-corrected chi connectivity index (χ0v) is 15.7. The molecule has 9 heteroatoms. The van der Waals surface area contributed by atoms with Gasteiger partial charge in [0.1, 0.15) is 6.54 Å². The average molecular weight is 363 g/mol. The molecule has 3 heterocycles. The summed E-state index contributed by atoms with van der Waals surface area (Å²) in [5.41, 5.74) is 0.853. The van der Waals surface area contributed by atoms with Crippen molar-refractivity contribution >= 4 is 17.6 Å². The summed E-state index contributed by atoms with van der Waals surface area (Å²) in [4.78, 5) is 23.5. The Morgan fingerprint density at radius 3 is 2.77 bits per heavy atom. The van der Waals surface area contributed by atoms with E-state index < -0.39 is 0 Å². The molecule has 1 aromatic rings. The molecule has 1 amide bonds. The molecule has 0 atom stereocenters. The van der Waals surface area contributed by atoms with Crippen molar-refractivity contribution in [3.05, 3.63) is 12.4 Å². The normalized spacial score (nSPS) is 19.9. The van der Waals surface area contributed by atoms with E-state index in [0.717, 1.165) is 64.1 Å². The van der Waals surface area contributed by atoms with E-state index in [1.807, 2.05) is 25.1 Å². The molecule has 0 aromatic carbocycles. The maximum Gasteiger partial charge on any atom is 0.246 e. The number of carbonyl (C=O) groups excluding carboxylic acids is 1. The summed E-state index contributed by atoms with van der Waals surface area (Å²) in [7, 11) is 1.86. The summed E-state index contributed by atoms with van der Waals surface area (Å²) >= 11 is 0. The lowest BCUT2D eigenvalue weighted by atomic mass is 10.3. The number of hydrogen-bond acceptors (Lipinski definition) is 5. The molecule has 3 rings (SSSR count). The van der Waals surface area contributed by atoms with Crippen LogP contribution in [0.1, 0.15) is 6.92 Å². The Kier molecular flexibility index (Phi) is 6.45. The number of piperazine rings is 1. The van der Waals surface area contributed by atoms with Crippen LogP contribution in [-0.4, -0.2) is 97.0 Å². The minimum absolute atomic E-state index is 0.0723. The predicted octanol–water partition coefficient (Wildman–Crippen LogP) is -0.634. The first-order valence-electron chi connectivity index (χ1n) is 9.29. The van der Waals surface area contributed by atoms with E-state index in [1.165, 1.54) is 0 Å². The van der Waals surface area contributed by atoms with E-state index in [2.05, 4.69) is 15.3 Å². The number of morpholine rings is 1. The number of guanidine groups is 1. The van der Waals surface area contributed by atoms with Gasteiger partial charge >= 0.3 is 0 Å². The molecular weight excluding hydrogens is 334 g/mol. The van der Waals surface area contributed by atoms with E-state index in [-0.39, 0.29) is 5.91 Å². The third-order valence-corrected chi connectivity index (χ3v) is 4.64. The third-order valence-electron chi connectivity index (χ3n) is 4.64. The van der Waals surface area contributed by atoms with Crippen molar-refractivity contribution in [2.45, 2.75) is 6.92 Å². The number of aliphatic imine (C=N–C) groups is 1. The lowest BCUT2D eigenvalue weighted by molar-refractivity contribution is -0.120. The fourth-order valence-corrected chi connectivity index (χ4v) is 3.22. The van der Waals surface area contributed by atoms with Gasteiger partial charge in [-0.15, -0.1) is 0 Å². The summed E-state index contributed by atoms with van der Waals surface area (Å²) < 4.78 is 7.09. The Balaban J connectivity index is 1.56. The standard InChI is InChI=1S/C17H29N7O2/c1-3-18-17(19-4-5-22-8-10-26-11-9-22)23-6-7-24(16(25)14-23)15-12-20-21(2)13-15/h12-13H,3-11,14H2,1-2H3,(H,18,19). The predicted molar refractivity (Wildman–Crippen MR) is 100 cm³/mol. The van der Waals surface area contributed by atoms with Crippen LogP contribution in [0, 0.1) is 0 Å². The van der Waals surface area contributed by atoms with Crippen LogP contribution in [0.2, 0.25) is 0 Å². The number of ether oxygens (including phenoxy) is 1. The third kappa shape index (κ3) is 4.73. The summed E-state index contributed by atoms with van der Waals surface area (Å²) in [6, 6.07) is 0. The van der Waals surface area contributed by atoms with Crippen LogP contribution in [0.25, 0.3) is 0 Å². The SMILES string of the molecule is CCNC(=NCCN1CCOCC1)N1CCN(c2cnn(C)c2)C(=O)C1. The molecule has 0 aliphatic carbocycles. The van der Waals surface area contributed by atoms with Gasteiger partial charge in [0.05, 0.1) is 31.6 Å². The van der Waals surface area contributed by atoms with Crippen LogP contribution in [0.5, 0.6) is 0 Å². The van der Waals surface area contributed by atoms with Gasteiger partial charge in [0, 0.05) is 52.5 Å². The Labute approximate surface area is 154 Å². The Morgan fingerprint density at radius 1 is 1.31 bits per heavy atom. The topological polar surface area (TPSA) is 78.2 Å². The second-order valence-electron chi connectivity index (χ2n) is 6.53. The van der Waals surface area contributed by atoms with Gasteiger partial charge in [-0.2, -0.15) is 5.10 Å². The number of nitrogens with one attached hydrogen (secondary N) is 1.